The summed E-state index contributed by atoms with van der Waals surface area (Å²) in [5.74, 6) is -1.44. The lowest BCUT2D eigenvalue weighted by Crippen LogP contribution is -2.36. The van der Waals surface area contributed by atoms with E-state index in [1.54, 1.807) is 0 Å². The molecule has 0 spiro atoms. The van der Waals surface area contributed by atoms with Gasteiger partial charge in [-0.2, -0.15) is 0 Å². The number of carbonyl (C=O) groups is 1. The van der Waals surface area contributed by atoms with Crippen molar-refractivity contribution in [1.82, 2.24) is 4.98 Å². The Balaban J connectivity index is 2.31. The summed E-state index contributed by atoms with van der Waals surface area (Å²) in [4.78, 5) is 15.0. The molecule has 1 saturated carbocycles. The summed E-state index contributed by atoms with van der Waals surface area (Å²) in [6, 6.07) is 2.81. The Morgan fingerprint density at radius 1 is 1.62 bits per heavy atom. The molecule has 0 bridgehead atoms. The maximum Gasteiger partial charge on any atom is 0.333 e. The number of hydrogen-bond acceptors (Lipinski definition) is 3. The van der Waals surface area contributed by atoms with Crippen molar-refractivity contribution in [3.8, 4) is 0 Å². The van der Waals surface area contributed by atoms with E-state index in [0.717, 1.165) is 6.20 Å². The van der Waals surface area contributed by atoms with Crippen LogP contribution in [0, 0.1) is 5.82 Å². The molecule has 4 nitrogen and oxygen atoms in total. The molecule has 0 radical (unpaired) electrons. The molecule has 1 atom stereocenters. The number of rotatable bonds is 4. The maximum absolute atomic E-state index is 12.7. The molecule has 5 heteroatoms. The van der Waals surface area contributed by atoms with Crippen LogP contribution in [0.15, 0.2) is 18.3 Å². The van der Waals surface area contributed by atoms with Gasteiger partial charge in [0.1, 0.15) is 5.82 Å². The summed E-state index contributed by atoms with van der Waals surface area (Å²) in [5.41, 5.74) is 0.0111. The van der Waals surface area contributed by atoms with Gasteiger partial charge in [-0.15, -0.1) is 0 Å². The zero-order valence-electron chi connectivity index (χ0n) is 8.81. The van der Waals surface area contributed by atoms with Gasteiger partial charge in [0, 0.05) is 18.2 Å². The molecule has 1 aromatic rings. The third kappa shape index (κ3) is 1.67. The van der Waals surface area contributed by atoms with Crippen LogP contribution < -0.4 is 0 Å². The molecule has 0 amide bonds. The number of hydrogen-bond donors (Lipinski definition) is 1. The van der Waals surface area contributed by atoms with Crippen LogP contribution in [0.1, 0.15) is 18.5 Å². The van der Waals surface area contributed by atoms with Crippen LogP contribution in [-0.4, -0.2) is 29.3 Å². The van der Waals surface area contributed by atoms with Crippen LogP contribution in [0.4, 0.5) is 4.39 Å². The van der Waals surface area contributed by atoms with Crippen molar-refractivity contribution in [1.29, 1.82) is 0 Å². The van der Waals surface area contributed by atoms with E-state index in [4.69, 9.17) is 9.84 Å². The number of ether oxygens (including phenoxy) is 1. The number of methoxy groups -OCH3 is 1. The predicted octanol–water partition coefficient (Wildman–Crippen LogP) is 1.35. The number of carboxylic acids is 1. The molecule has 1 aliphatic rings. The molecule has 1 fully saturated rings. The van der Waals surface area contributed by atoms with Crippen LogP contribution in [-0.2, 0) is 14.9 Å². The average Bonchev–Trinajstić information content (AvgIpc) is 3.01. The SMILES string of the molecule is COC(C(=O)O)C1(c2ccc(F)cn2)CC1. The molecule has 16 heavy (non-hydrogen) atoms. The van der Waals surface area contributed by atoms with Gasteiger partial charge in [-0.1, -0.05) is 0 Å². The fourth-order valence-corrected chi connectivity index (χ4v) is 2.02. The fraction of sp³-hybridized carbons (Fsp3) is 0.455. The van der Waals surface area contributed by atoms with Crippen LogP contribution >= 0.6 is 0 Å². The summed E-state index contributed by atoms with van der Waals surface area (Å²) >= 11 is 0. The maximum atomic E-state index is 12.7. The largest absolute Gasteiger partial charge is 0.479 e. The number of halogens is 1. The van der Waals surface area contributed by atoms with Crippen molar-refractivity contribution < 1.29 is 19.0 Å². The zero-order valence-corrected chi connectivity index (χ0v) is 8.81. The van der Waals surface area contributed by atoms with E-state index in [-0.39, 0.29) is 0 Å². The van der Waals surface area contributed by atoms with Crippen LogP contribution in [0.5, 0.6) is 0 Å². The van der Waals surface area contributed by atoms with E-state index in [1.165, 1.54) is 19.2 Å². The van der Waals surface area contributed by atoms with Gasteiger partial charge in [0.25, 0.3) is 0 Å². The van der Waals surface area contributed by atoms with Crippen molar-refractivity contribution in [3.63, 3.8) is 0 Å². The zero-order chi connectivity index (χ0) is 11.8. The number of carboxylic acid groups (broad SMARTS) is 1. The molecule has 1 unspecified atom stereocenters. The fourth-order valence-electron chi connectivity index (χ4n) is 2.02. The van der Waals surface area contributed by atoms with E-state index in [0.29, 0.717) is 18.5 Å². The Bertz CT molecular complexity index is 400. The van der Waals surface area contributed by atoms with E-state index in [1.807, 2.05) is 0 Å². The highest BCUT2D eigenvalue weighted by Crippen LogP contribution is 2.51. The monoisotopic (exact) mass is 225 g/mol. The molecule has 1 heterocycles. The molecule has 1 aliphatic carbocycles. The van der Waals surface area contributed by atoms with Gasteiger partial charge >= 0.3 is 5.97 Å². The van der Waals surface area contributed by atoms with Gasteiger partial charge in [0.15, 0.2) is 6.10 Å². The van der Waals surface area contributed by atoms with E-state index in [2.05, 4.69) is 4.98 Å². The molecule has 0 saturated heterocycles. The lowest BCUT2D eigenvalue weighted by Gasteiger charge is -2.21. The Morgan fingerprint density at radius 3 is 2.69 bits per heavy atom. The molecular weight excluding hydrogens is 213 g/mol. The van der Waals surface area contributed by atoms with E-state index < -0.39 is 23.3 Å². The van der Waals surface area contributed by atoms with Crippen LogP contribution in [0.3, 0.4) is 0 Å². The number of nitrogens with zero attached hydrogens (tertiary/aromatic N) is 1. The second-order valence-electron chi connectivity index (χ2n) is 3.97. The first-order valence-corrected chi connectivity index (χ1v) is 4.98. The quantitative estimate of drug-likeness (QED) is 0.840. The van der Waals surface area contributed by atoms with Gasteiger partial charge < -0.3 is 9.84 Å². The van der Waals surface area contributed by atoms with Gasteiger partial charge in [0.05, 0.1) is 6.20 Å². The second kappa shape index (κ2) is 3.83. The summed E-state index contributed by atoms with van der Waals surface area (Å²) in [6.07, 6.45) is 1.60. The minimum absolute atomic E-state index is 0.427. The summed E-state index contributed by atoms with van der Waals surface area (Å²) in [7, 11) is 1.36. The van der Waals surface area contributed by atoms with Crippen LogP contribution in [0.2, 0.25) is 0 Å². The first-order valence-electron chi connectivity index (χ1n) is 4.98. The van der Waals surface area contributed by atoms with Crippen molar-refractivity contribution in [2.75, 3.05) is 7.11 Å². The minimum atomic E-state index is -1.01. The standard InChI is InChI=1S/C11H12FNO3/c1-16-9(10(14)15)11(4-5-11)8-3-2-7(12)6-13-8/h2-3,6,9H,4-5H2,1H3,(H,14,15). The third-order valence-electron chi connectivity index (χ3n) is 2.99. The van der Waals surface area contributed by atoms with Crippen molar-refractivity contribution in [3.05, 3.63) is 29.8 Å². The highest BCUT2D eigenvalue weighted by atomic mass is 19.1. The molecule has 1 N–H and O–H groups in total. The first-order chi connectivity index (χ1) is 7.60. The van der Waals surface area contributed by atoms with Gasteiger partial charge in [-0.05, 0) is 25.0 Å². The minimum Gasteiger partial charge on any atom is -0.479 e. The van der Waals surface area contributed by atoms with Crippen molar-refractivity contribution >= 4 is 5.97 Å². The Kier molecular flexibility index (Phi) is 2.63. The topological polar surface area (TPSA) is 59.4 Å². The number of aromatic nitrogens is 1. The van der Waals surface area contributed by atoms with Crippen LogP contribution in [0.25, 0.3) is 0 Å². The van der Waals surface area contributed by atoms with Gasteiger partial charge in [-0.3, -0.25) is 4.98 Å². The van der Waals surface area contributed by atoms with E-state index in [9.17, 15) is 9.18 Å². The lowest BCUT2D eigenvalue weighted by molar-refractivity contribution is -0.150. The molecule has 2 rings (SSSR count). The highest BCUT2D eigenvalue weighted by molar-refractivity contribution is 5.75. The average molecular weight is 225 g/mol. The van der Waals surface area contributed by atoms with Gasteiger partial charge in [-0.25, -0.2) is 9.18 Å². The lowest BCUT2D eigenvalue weighted by atomic mass is 9.94. The highest BCUT2D eigenvalue weighted by Gasteiger charge is 2.55. The summed E-state index contributed by atoms with van der Waals surface area (Å²) in [5, 5.41) is 9.04. The number of aliphatic carboxylic acids is 1. The Morgan fingerprint density at radius 2 is 2.31 bits per heavy atom. The van der Waals surface area contributed by atoms with E-state index >= 15 is 0 Å². The molecule has 0 aliphatic heterocycles. The van der Waals surface area contributed by atoms with Gasteiger partial charge in [0.2, 0.25) is 0 Å². The predicted molar refractivity (Wildman–Crippen MR) is 53.5 cm³/mol. The normalized spacial score (nSPS) is 19.1. The molecular formula is C11H12FNO3. The van der Waals surface area contributed by atoms with Crippen molar-refractivity contribution in [2.45, 2.75) is 24.4 Å². The summed E-state index contributed by atoms with van der Waals surface area (Å²) in [6.45, 7) is 0. The molecule has 1 aromatic heterocycles. The second-order valence-corrected chi connectivity index (χ2v) is 3.97. The Labute approximate surface area is 92.1 Å². The molecule has 0 aromatic carbocycles. The molecule has 86 valence electrons. The third-order valence-corrected chi connectivity index (χ3v) is 2.99. The first kappa shape index (κ1) is 11.0. The smallest absolute Gasteiger partial charge is 0.333 e. The summed E-state index contributed by atoms with van der Waals surface area (Å²) < 4.78 is 17.7. The number of pyridine rings is 1. The Hall–Kier alpha value is -1.49. The van der Waals surface area contributed by atoms with Crippen molar-refractivity contribution in [2.24, 2.45) is 0 Å².